The summed E-state index contributed by atoms with van der Waals surface area (Å²) in [4.78, 5) is 0. The molecule has 0 amide bonds. The van der Waals surface area contributed by atoms with Gasteiger partial charge in [-0.15, -0.1) is 0 Å². The lowest BCUT2D eigenvalue weighted by Gasteiger charge is -2.10. The van der Waals surface area contributed by atoms with Crippen molar-refractivity contribution in [3.63, 3.8) is 0 Å². The second-order valence-corrected chi connectivity index (χ2v) is 4.21. The van der Waals surface area contributed by atoms with Crippen LogP contribution in [0.3, 0.4) is 0 Å². The Morgan fingerprint density at radius 1 is 1.05 bits per heavy atom. The Morgan fingerprint density at radius 2 is 1.80 bits per heavy atom. The second kappa shape index (κ2) is 6.14. The van der Waals surface area contributed by atoms with Gasteiger partial charge in [0.05, 0.1) is 14.2 Å². The van der Waals surface area contributed by atoms with E-state index in [4.69, 9.17) is 9.47 Å². The third-order valence-corrected chi connectivity index (χ3v) is 2.89. The summed E-state index contributed by atoms with van der Waals surface area (Å²) >= 11 is 0. The van der Waals surface area contributed by atoms with Crippen molar-refractivity contribution >= 4 is 5.69 Å². The number of phenolic OH excluding ortho intramolecular Hbond substituents is 1. The molecular weight excluding hydrogens is 261 g/mol. The highest BCUT2D eigenvalue weighted by Crippen LogP contribution is 2.27. The molecule has 0 fully saturated rings. The van der Waals surface area contributed by atoms with Crippen LogP contribution in [0, 0.1) is 5.82 Å². The normalized spacial score (nSPS) is 10.2. The van der Waals surface area contributed by atoms with Crippen molar-refractivity contribution in [3.8, 4) is 17.2 Å². The van der Waals surface area contributed by atoms with Gasteiger partial charge in [0.1, 0.15) is 0 Å². The van der Waals surface area contributed by atoms with Crippen molar-refractivity contribution < 1.29 is 19.0 Å². The molecule has 0 aromatic heterocycles. The SMILES string of the molecule is COc1cc(CNc2ccc(F)c(OC)c2)ccc1O. The van der Waals surface area contributed by atoms with E-state index in [1.165, 1.54) is 20.3 Å². The Balaban J connectivity index is 2.08. The van der Waals surface area contributed by atoms with Gasteiger partial charge in [-0.05, 0) is 29.8 Å². The zero-order chi connectivity index (χ0) is 14.5. The highest BCUT2D eigenvalue weighted by Gasteiger charge is 2.05. The summed E-state index contributed by atoms with van der Waals surface area (Å²) in [5, 5.41) is 12.7. The first-order valence-corrected chi connectivity index (χ1v) is 6.07. The molecule has 5 heteroatoms. The Morgan fingerprint density at radius 3 is 2.50 bits per heavy atom. The number of halogens is 1. The van der Waals surface area contributed by atoms with Gasteiger partial charge in [-0.25, -0.2) is 4.39 Å². The van der Waals surface area contributed by atoms with E-state index in [-0.39, 0.29) is 11.5 Å². The fourth-order valence-electron chi connectivity index (χ4n) is 1.81. The van der Waals surface area contributed by atoms with Crippen LogP contribution in [0.2, 0.25) is 0 Å². The number of hydrogen-bond donors (Lipinski definition) is 2. The first-order chi connectivity index (χ1) is 9.63. The maximum atomic E-state index is 13.3. The summed E-state index contributed by atoms with van der Waals surface area (Å²) in [5.41, 5.74) is 1.68. The fraction of sp³-hybridized carbons (Fsp3) is 0.200. The largest absolute Gasteiger partial charge is 0.504 e. The minimum Gasteiger partial charge on any atom is -0.504 e. The van der Waals surface area contributed by atoms with Gasteiger partial charge in [0, 0.05) is 18.3 Å². The van der Waals surface area contributed by atoms with Gasteiger partial charge in [0.25, 0.3) is 0 Å². The van der Waals surface area contributed by atoms with Gasteiger partial charge in [-0.1, -0.05) is 6.07 Å². The molecule has 2 aromatic carbocycles. The van der Waals surface area contributed by atoms with Crippen LogP contribution < -0.4 is 14.8 Å². The lowest BCUT2D eigenvalue weighted by Crippen LogP contribution is -2.00. The molecule has 0 atom stereocenters. The molecule has 2 rings (SSSR count). The van der Waals surface area contributed by atoms with Crippen LogP contribution in [0.5, 0.6) is 17.2 Å². The van der Waals surface area contributed by atoms with Crippen molar-refractivity contribution in [2.45, 2.75) is 6.54 Å². The van der Waals surface area contributed by atoms with Crippen LogP contribution in [0.4, 0.5) is 10.1 Å². The third-order valence-electron chi connectivity index (χ3n) is 2.89. The van der Waals surface area contributed by atoms with Gasteiger partial charge in [0.2, 0.25) is 0 Å². The molecule has 0 spiro atoms. The summed E-state index contributed by atoms with van der Waals surface area (Å²) in [6.07, 6.45) is 0. The number of nitrogens with one attached hydrogen (secondary N) is 1. The van der Waals surface area contributed by atoms with Crippen LogP contribution in [0.1, 0.15) is 5.56 Å². The Hall–Kier alpha value is -2.43. The number of methoxy groups -OCH3 is 2. The smallest absolute Gasteiger partial charge is 0.165 e. The number of rotatable bonds is 5. The Kier molecular flexibility index (Phi) is 4.30. The first kappa shape index (κ1) is 14.0. The molecule has 20 heavy (non-hydrogen) atoms. The van der Waals surface area contributed by atoms with Crippen LogP contribution in [0.25, 0.3) is 0 Å². The monoisotopic (exact) mass is 277 g/mol. The number of anilines is 1. The van der Waals surface area contributed by atoms with E-state index in [0.717, 1.165) is 11.3 Å². The summed E-state index contributed by atoms with van der Waals surface area (Å²) in [6, 6.07) is 9.66. The number of aromatic hydroxyl groups is 1. The lowest BCUT2D eigenvalue weighted by molar-refractivity contribution is 0.373. The van der Waals surface area contributed by atoms with E-state index in [9.17, 15) is 9.50 Å². The van der Waals surface area contributed by atoms with Crippen molar-refractivity contribution in [1.29, 1.82) is 0 Å². The lowest BCUT2D eigenvalue weighted by atomic mass is 10.2. The number of benzene rings is 2. The maximum Gasteiger partial charge on any atom is 0.165 e. The Labute approximate surface area is 116 Å². The topological polar surface area (TPSA) is 50.7 Å². The molecule has 0 radical (unpaired) electrons. The average Bonchev–Trinajstić information content (AvgIpc) is 2.47. The van der Waals surface area contributed by atoms with Gasteiger partial charge in [-0.3, -0.25) is 0 Å². The molecule has 4 nitrogen and oxygen atoms in total. The van der Waals surface area contributed by atoms with E-state index >= 15 is 0 Å². The molecule has 0 bridgehead atoms. The molecule has 106 valence electrons. The predicted molar refractivity (Wildman–Crippen MR) is 74.9 cm³/mol. The zero-order valence-electron chi connectivity index (χ0n) is 11.3. The van der Waals surface area contributed by atoms with Gasteiger partial charge < -0.3 is 19.9 Å². The minimum atomic E-state index is -0.399. The highest BCUT2D eigenvalue weighted by atomic mass is 19.1. The third kappa shape index (κ3) is 3.12. The standard InChI is InChI=1S/C15H16FNO3/c1-19-14-8-11(4-5-12(14)16)17-9-10-3-6-13(18)15(7-10)20-2/h3-8,17-18H,9H2,1-2H3. The van der Waals surface area contributed by atoms with Crippen molar-refractivity contribution in [2.24, 2.45) is 0 Å². The quantitative estimate of drug-likeness (QED) is 0.881. The molecule has 2 aromatic rings. The predicted octanol–water partition coefficient (Wildman–Crippen LogP) is 3.16. The van der Waals surface area contributed by atoms with Crippen molar-refractivity contribution in [2.75, 3.05) is 19.5 Å². The number of phenols is 1. The Bertz CT molecular complexity index is 548. The fourth-order valence-corrected chi connectivity index (χ4v) is 1.81. The van der Waals surface area contributed by atoms with Crippen molar-refractivity contribution in [1.82, 2.24) is 0 Å². The maximum absolute atomic E-state index is 13.3. The van der Waals surface area contributed by atoms with Gasteiger partial charge in [0.15, 0.2) is 23.1 Å². The summed E-state index contributed by atoms with van der Waals surface area (Å²) in [7, 11) is 2.92. The number of hydrogen-bond acceptors (Lipinski definition) is 4. The molecule has 2 N–H and O–H groups in total. The molecule has 0 aliphatic heterocycles. The van der Waals surface area contributed by atoms with E-state index in [1.54, 1.807) is 30.3 Å². The van der Waals surface area contributed by atoms with Gasteiger partial charge in [-0.2, -0.15) is 0 Å². The van der Waals surface area contributed by atoms with Crippen molar-refractivity contribution in [3.05, 3.63) is 47.8 Å². The highest BCUT2D eigenvalue weighted by molar-refractivity contribution is 5.50. The van der Waals surface area contributed by atoms with Crippen LogP contribution in [-0.2, 0) is 6.54 Å². The van der Waals surface area contributed by atoms with Crippen LogP contribution in [0.15, 0.2) is 36.4 Å². The molecule has 0 unspecified atom stereocenters. The summed E-state index contributed by atoms with van der Waals surface area (Å²) < 4.78 is 23.2. The van der Waals surface area contributed by atoms with Crippen LogP contribution >= 0.6 is 0 Å². The molecule has 0 aliphatic rings. The van der Waals surface area contributed by atoms with Crippen LogP contribution in [-0.4, -0.2) is 19.3 Å². The van der Waals surface area contributed by atoms with E-state index in [2.05, 4.69) is 5.32 Å². The molecule has 0 saturated heterocycles. The number of ether oxygens (including phenoxy) is 2. The average molecular weight is 277 g/mol. The summed E-state index contributed by atoms with van der Waals surface area (Å²) in [6.45, 7) is 0.519. The molecular formula is C15H16FNO3. The second-order valence-electron chi connectivity index (χ2n) is 4.21. The first-order valence-electron chi connectivity index (χ1n) is 6.07. The van der Waals surface area contributed by atoms with E-state index < -0.39 is 5.82 Å². The van der Waals surface area contributed by atoms with E-state index in [0.29, 0.717) is 12.3 Å². The van der Waals surface area contributed by atoms with E-state index in [1.807, 2.05) is 0 Å². The molecule has 0 heterocycles. The minimum absolute atomic E-state index is 0.0969. The zero-order valence-corrected chi connectivity index (χ0v) is 11.3. The summed E-state index contributed by atoms with van der Waals surface area (Å²) in [5.74, 6) is 0.309. The van der Waals surface area contributed by atoms with Gasteiger partial charge >= 0.3 is 0 Å². The molecule has 0 aliphatic carbocycles. The molecule has 0 saturated carbocycles.